The number of hydrogen-bond donors (Lipinski definition) is 0. The molecule has 1 aromatic heterocycles. The summed E-state index contributed by atoms with van der Waals surface area (Å²) in [6, 6.07) is 15.2. The van der Waals surface area contributed by atoms with Crippen LogP contribution in [0.25, 0.3) is 5.69 Å². The fourth-order valence-electron chi connectivity index (χ4n) is 3.86. The summed E-state index contributed by atoms with van der Waals surface area (Å²) in [4.78, 5) is 2.48. The van der Waals surface area contributed by atoms with Crippen LogP contribution in [-0.2, 0) is 5.75 Å². The highest BCUT2D eigenvalue weighted by Gasteiger charge is 2.25. The second kappa shape index (κ2) is 9.09. The number of aryl methyl sites for hydroxylation is 1. The summed E-state index contributed by atoms with van der Waals surface area (Å²) in [6.45, 7) is 6.50. The molecule has 2 heterocycles. The lowest BCUT2D eigenvalue weighted by Crippen LogP contribution is -2.33. The third kappa shape index (κ3) is 4.54. The highest BCUT2D eigenvalue weighted by atomic mass is 32.2. The minimum absolute atomic E-state index is 0.167. The zero-order valence-corrected chi connectivity index (χ0v) is 17.8. The van der Waals surface area contributed by atoms with Crippen LogP contribution in [0.3, 0.4) is 0 Å². The van der Waals surface area contributed by atoms with E-state index in [2.05, 4.69) is 57.8 Å². The van der Waals surface area contributed by atoms with Crippen LogP contribution < -0.4 is 0 Å². The van der Waals surface area contributed by atoms with Crippen LogP contribution >= 0.6 is 11.8 Å². The number of halogens is 1. The van der Waals surface area contributed by atoms with Gasteiger partial charge in [0.25, 0.3) is 0 Å². The fourth-order valence-corrected chi connectivity index (χ4v) is 4.90. The van der Waals surface area contributed by atoms with E-state index >= 15 is 0 Å². The molecule has 1 aliphatic rings. The Morgan fingerprint density at radius 3 is 2.45 bits per heavy atom. The zero-order valence-electron chi connectivity index (χ0n) is 17.0. The Bertz CT molecular complexity index is 948. The van der Waals surface area contributed by atoms with Gasteiger partial charge >= 0.3 is 0 Å². The topological polar surface area (TPSA) is 34.0 Å². The number of nitrogens with zero attached hydrogens (tertiary/aromatic N) is 4. The lowest BCUT2D eigenvalue weighted by molar-refractivity contribution is 0.167. The van der Waals surface area contributed by atoms with Crippen molar-refractivity contribution in [3.63, 3.8) is 0 Å². The van der Waals surface area contributed by atoms with Gasteiger partial charge in [0.1, 0.15) is 5.82 Å². The van der Waals surface area contributed by atoms with Crippen LogP contribution in [0, 0.1) is 12.7 Å². The van der Waals surface area contributed by atoms with Crippen LogP contribution in [0.2, 0.25) is 0 Å². The largest absolute Gasteiger partial charge is 0.294 e. The van der Waals surface area contributed by atoms with E-state index in [4.69, 9.17) is 0 Å². The molecule has 0 aliphatic carbocycles. The number of likely N-dealkylation sites (tertiary alicyclic amines) is 1. The van der Waals surface area contributed by atoms with Crippen molar-refractivity contribution in [1.29, 1.82) is 0 Å². The molecule has 1 fully saturated rings. The molecule has 4 nitrogen and oxygen atoms in total. The van der Waals surface area contributed by atoms with Gasteiger partial charge in [0.15, 0.2) is 11.0 Å². The van der Waals surface area contributed by atoms with Crippen molar-refractivity contribution < 1.29 is 4.39 Å². The van der Waals surface area contributed by atoms with Crippen LogP contribution in [0.5, 0.6) is 0 Å². The predicted octanol–water partition coefficient (Wildman–Crippen LogP) is 5.55. The molecule has 0 amide bonds. The Balaban J connectivity index is 1.66. The predicted molar refractivity (Wildman–Crippen MR) is 116 cm³/mol. The molecule has 0 bridgehead atoms. The maximum absolute atomic E-state index is 13.5. The van der Waals surface area contributed by atoms with Gasteiger partial charge in [0.05, 0.1) is 6.04 Å². The molecule has 152 valence electrons. The van der Waals surface area contributed by atoms with Crippen LogP contribution in [-0.4, -0.2) is 32.8 Å². The first-order valence-corrected chi connectivity index (χ1v) is 11.2. The Kier molecular flexibility index (Phi) is 6.31. The third-order valence-corrected chi connectivity index (χ3v) is 6.65. The van der Waals surface area contributed by atoms with Gasteiger partial charge in [-0.1, -0.05) is 42.4 Å². The van der Waals surface area contributed by atoms with E-state index in [0.717, 1.165) is 35.5 Å². The van der Waals surface area contributed by atoms with Crippen molar-refractivity contribution in [3.05, 3.63) is 71.3 Å². The SMILES string of the molecule is Cc1ccccc1CSc1nnc([C@H](C)N2CCCCC2)n1-c1ccc(F)cc1. The Morgan fingerprint density at radius 1 is 1.00 bits per heavy atom. The lowest BCUT2D eigenvalue weighted by atomic mass is 10.1. The van der Waals surface area contributed by atoms with E-state index in [1.807, 2.05) is 12.1 Å². The van der Waals surface area contributed by atoms with E-state index in [1.165, 1.54) is 42.5 Å². The molecular weight excluding hydrogens is 383 g/mol. The van der Waals surface area contributed by atoms with E-state index in [-0.39, 0.29) is 11.9 Å². The van der Waals surface area contributed by atoms with Crippen molar-refractivity contribution in [3.8, 4) is 5.69 Å². The molecule has 29 heavy (non-hydrogen) atoms. The molecule has 4 rings (SSSR count). The van der Waals surface area contributed by atoms with Gasteiger partial charge in [0, 0.05) is 11.4 Å². The Labute approximate surface area is 176 Å². The summed E-state index contributed by atoms with van der Waals surface area (Å²) in [5.74, 6) is 1.51. The fraction of sp³-hybridized carbons (Fsp3) is 0.391. The number of aromatic nitrogens is 3. The highest BCUT2D eigenvalue weighted by Crippen LogP contribution is 2.31. The van der Waals surface area contributed by atoms with Gasteiger partial charge in [0.2, 0.25) is 0 Å². The molecule has 3 aromatic rings. The monoisotopic (exact) mass is 410 g/mol. The van der Waals surface area contributed by atoms with Crippen LogP contribution in [0.4, 0.5) is 4.39 Å². The minimum Gasteiger partial charge on any atom is -0.294 e. The average molecular weight is 411 g/mol. The summed E-state index contributed by atoms with van der Waals surface area (Å²) < 4.78 is 15.6. The first-order valence-electron chi connectivity index (χ1n) is 10.3. The molecule has 1 atom stereocenters. The number of rotatable bonds is 6. The summed E-state index contributed by atoms with van der Waals surface area (Å²) in [6.07, 6.45) is 3.75. The number of hydrogen-bond acceptors (Lipinski definition) is 4. The van der Waals surface area contributed by atoms with Crippen LogP contribution in [0.1, 0.15) is 49.2 Å². The molecule has 1 aliphatic heterocycles. The molecular formula is C23H27FN4S. The maximum atomic E-state index is 13.5. The molecule has 1 saturated heterocycles. The summed E-state index contributed by atoms with van der Waals surface area (Å²) in [5.41, 5.74) is 3.47. The smallest absolute Gasteiger partial charge is 0.196 e. The zero-order chi connectivity index (χ0) is 20.2. The summed E-state index contributed by atoms with van der Waals surface area (Å²) in [5, 5.41) is 9.96. The number of thioether (sulfide) groups is 1. The van der Waals surface area contributed by atoms with Gasteiger partial charge in [-0.25, -0.2) is 4.39 Å². The summed E-state index contributed by atoms with van der Waals surface area (Å²) >= 11 is 1.68. The maximum Gasteiger partial charge on any atom is 0.196 e. The quantitative estimate of drug-likeness (QED) is 0.499. The molecule has 0 unspecified atom stereocenters. The van der Waals surface area contributed by atoms with Crippen molar-refractivity contribution in [2.75, 3.05) is 13.1 Å². The highest BCUT2D eigenvalue weighted by molar-refractivity contribution is 7.98. The lowest BCUT2D eigenvalue weighted by Gasteiger charge is -2.31. The molecule has 6 heteroatoms. The van der Waals surface area contributed by atoms with E-state index in [1.54, 1.807) is 11.8 Å². The summed E-state index contributed by atoms with van der Waals surface area (Å²) in [7, 11) is 0. The van der Waals surface area contributed by atoms with Gasteiger partial charge in [-0.15, -0.1) is 10.2 Å². The van der Waals surface area contributed by atoms with Gasteiger partial charge in [-0.05, 0) is 75.2 Å². The van der Waals surface area contributed by atoms with E-state index < -0.39 is 0 Å². The van der Waals surface area contributed by atoms with Crippen molar-refractivity contribution in [2.45, 2.75) is 50.1 Å². The van der Waals surface area contributed by atoms with E-state index in [9.17, 15) is 4.39 Å². The first kappa shape index (κ1) is 20.1. The van der Waals surface area contributed by atoms with E-state index in [0.29, 0.717) is 0 Å². The average Bonchev–Trinajstić information content (AvgIpc) is 3.18. The second-order valence-corrected chi connectivity index (χ2v) is 8.58. The Hall–Kier alpha value is -2.18. The second-order valence-electron chi connectivity index (χ2n) is 7.64. The molecule has 0 N–H and O–H groups in total. The van der Waals surface area contributed by atoms with Gasteiger partial charge < -0.3 is 0 Å². The normalized spacial score (nSPS) is 16.1. The van der Waals surface area contributed by atoms with Crippen molar-refractivity contribution >= 4 is 11.8 Å². The van der Waals surface area contributed by atoms with Crippen molar-refractivity contribution in [1.82, 2.24) is 19.7 Å². The van der Waals surface area contributed by atoms with Gasteiger partial charge in [-0.2, -0.15) is 0 Å². The first-order chi connectivity index (χ1) is 14.1. The molecule has 0 spiro atoms. The molecule has 0 saturated carbocycles. The molecule has 0 radical (unpaired) electrons. The van der Waals surface area contributed by atoms with Crippen molar-refractivity contribution in [2.24, 2.45) is 0 Å². The Morgan fingerprint density at radius 2 is 1.72 bits per heavy atom. The minimum atomic E-state index is -0.235. The number of piperidine rings is 1. The standard InChI is InChI=1S/C23H27FN4S/c1-17-8-4-5-9-19(17)16-29-23-26-25-22(18(2)27-14-6-3-7-15-27)28(23)21-12-10-20(24)11-13-21/h4-5,8-13,18H,3,6-7,14-16H2,1-2H3/t18-/m0/s1. The van der Waals surface area contributed by atoms with Gasteiger partial charge in [-0.3, -0.25) is 9.47 Å². The third-order valence-electron chi connectivity index (χ3n) is 5.67. The molecule has 2 aromatic carbocycles. The number of benzene rings is 2. The van der Waals surface area contributed by atoms with Crippen LogP contribution in [0.15, 0.2) is 53.7 Å².